The molecule has 82 valence electrons. The van der Waals surface area contributed by atoms with Gasteiger partial charge in [0.05, 0.1) is 0 Å². The van der Waals surface area contributed by atoms with Crippen molar-refractivity contribution in [3.8, 4) is 0 Å². The van der Waals surface area contributed by atoms with Crippen molar-refractivity contribution in [2.24, 2.45) is 0 Å². The third kappa shape index (κ3) is 12.4. The van der Waals surface area contributed by atoms with Crippen molar-refractivity contribution >= 4 is 0 Å². The van der Waals surface area contributed by atoms with Crippen LogP contribution in [-0.4, -0.2) is 0 Å². The molecule has 0 fully saturated rings. The molecule has 0 saturated heterocycles. The Labute approximate surface area is 108 Å². The molecular formula is NiO10U3. The number of rotatable bonds is 4. The van der Waals surface area contributed by atoms with Crippen molar-refractivity contribution in [2.45, 2.75) is 0 Å². The molecule has 0 rings (SSSR count). The van der Waals surface area contributed by atoms with Gasteiger partial charge in [0.15, 0.2) is 0 Å². The summed E-state index contributed by atoms with van der Waals surface area (Å²) in [7, 11) is 0. The van der Waals surface area contributed by atoms with E-state index in [1.165, 1.54) is 0 Å². The second kappa shape index (κ2) is 6.28. The summed E-state index contributed by atoms with van der Waals surface area (Å²) < 4.78 is 85.2. The summed E-state index contributed by atoms with van der Waals surface area (Å²) in [5.41, 5.74) is 0. The average molecular weight is 933 g/mol. The van der Waals surface area contributed by atoms with Gasteiger partial charge in [-0.05, 0) is 0 Å². The molecule has 0 radical (unpaired) electrons. The Morgan fingerprint density at radius 3 is 1.07 bits per heavy atom. The van der Waals surface area contributed by atoms with Crippen LogP contribution in [-0.2, 0) is 29.4 Å². The van der Waals surface area contributed by atoms with Gasteiger partial charge >= 0.3 is 111 Å². The molecule has 0 unspecified atom stereocenters. The van der Waals surface area contributed by atoms with Crippen LogP contribution in [0.15, 0.2) is 0 Å². The van der Waals surface area contributed by atoms with Gasteiger partial charge in [-0.1, -0.05) is 0 Å². The Balaban J connectivity index is 0. The van der Waals surface area contributed by atoms with Crippen molar-refractivity contribution in [3.05, 3.63) is 0 Å². The Bertz CT molecular complexity index is 419. The molecule has 0 amide bonds. The number of hydrogen-bond donors (Lipinski definition) is 0. The molecule has 0 bridgehead atoms. The fourth-order valence-corrected chi connectivity index (χ4v) is 43.5. The molecule has 0 N–H and O–H groups in total. The van der Waals surface area contributed by atoms with Crippen LogP contribution in [0.1, 0.15) is 0 Å². The predicted molar refractivity (Wildman–Crippen MR) is 6.29 cm³/mol. The third-order valence-electron chi connectivity index (χ3n) is 0.500. The Kier molecular flexibility index (Phi) is 8.37. The van der Waals surface area contributed by atoms with Gasteiger partial charge in [0.25, 0.3) is 0 Å². The predicted octanol–water partition coefficient (Wildman–Crippen LogP) is -3.23. The van der Waals surface area contributed by atoms with E-state index in [9.17, 15) is 18.6 Å². The Morgan fingerprint density at radius 2 is 0.929 bits per heavy atom. The molecule has 10 nitrogen and oxygen atoms in total. The molecule has 0 spiro atoms. The van der Waals surface area contributed by atoms with Crippen LogP contribution in [0.5, 0.6) is 0 Å². The molecule has 0 aliphatic rings. The SMILES string of the molecule is [Ni+2].[O]=[U](=[O])([O-])[O][U](=[O])(=[O])[O][U](=[O])(=[O])[O-]. The molecular weight excluding hydrogens is 933 g/mol. The van der Waals surface area contributed by atoms with E-state index in [2.05, 4.69) is -0.509 Å². The van der Waals surface area contributed by atoms with Crippen LogP contribution in [0.2, 0.25) is 0 Å². The van der Waals surface area contributed by atoms with Gasteiger partial charge in [-0.2, -0.15) is 0 Å². The van der Waals surface area contributed by atoms with Gasteiger partial charge in [0.2, 0.25) is 0 Å². The average Bonchev–Trinajstić information content (AvgIpc) is 1.43. The monoisotopic (exact) mass is 932 g/mol. The second-order valence-electron chi connectivity index (χ2n) is 1.70. The van der Waals surface area contributed by atoms with E-state index in [0.717, 1.165) is 0 Å². The van der Waals surface area contributed by atoms with Crippen LogP contribution in [0.4, 0.5) is 0 Å². The zero-order valence-electron chi connectivity index (χ0n) is 5.90. The summed E-state index contributed by atoms with van der Waals surface area (Å²) >= 11 is -21.2. The number of hydrogen-bond acceptors (Lipinski definition) is 10. The first-order chi connectivity index (χ1) is 5.41. The third-order valence-corrected chi connectivity index (χ3v) is 43.5. The zero-order chi connectivity index (χ0) is 10.9. The molecule has 0 aromatic carbocycles. The second-order valence-corrected chi connectivity index (χ2v) is 31.7. The molecule has 14 heteroatoms. The van der Waals surface area contributed by atoms with E-state index in [-0.39, 0.29) is 16.5 Å². The van der Waals surface area contributed by atoms with Crippen LogP contribution >= 0.6 is 0 Å². The van der Waals surface area contributed by atoms with Crippen LogP contribution in [0, 0.1) is 76.3 Å². The molecule has 0 aliphatic heterocycles. The topological polar surface area (TPSA) is 167 Å². The standard InChI is InChI=1S/Ni.10O.3U/q+2;;;;;;;;;2*-1;;;. The summed E-state index contributed by atoms with van der Waals surface area (Å²) in [6, 6.07) is 0. The maximum atomic E-state index is 10.3. The van der Waals surface area contributed by atoms with E-state index in [1.807, 2.05) is 0 Å². The van der Waals surface area contributed by atoms with Gasteiger partial charge in [-0.15, -0.1) is 0 Å². The summed E-state index contributed by atoms with van der Waals surface area (Å²) in [4.78, 5) is 0. The van der Waals surface area contributed by atoms with Crippen LogP contribution in [0.3, 0.4) is 0 Å². The van der Waals surface area contributed by atoms with E-state index in [4.69, 9.17) is 0 Å². The van der Waals surface area contributed by atoms with Gasteiger partial charge in [-0.3, -0.25) is 0 Å². The summed E-state index contributed by atoms with van der Waals surface area (Å²) in [6.07, 6.45) is 0. The quantitative estimate of drug-likeness (QED) is 0.262. The van der Waals surface area contributed by atoms with Crippen molar-refractivity contribution in [3.63, 3.8) is 0 Å². The fraction of sp³-hybridized carbons (Fsp3) is 0. The molecule has 0 aromatic rings. The molecule has 0 aliphatic carbocycles. The minimum atomic E-state index is -7.09. The molecule has 14 heavy (non-hydrogen) atoms. The van der Waals surface area contributed by atoms with Gasteiger partial charge in [0, 0.05) is 0 Å². The Hall–Kier alpha value is 2.29. The van der Waals surface area contributed by atoms with Crippen LogP contribution in [0.25, 0.3) is 0 Å². The first kappa shape index (κ1) is 18.6. The maximum absolute atomic E-state index is 10.3. The van der Waals surface area contributed by atoms with E-state index in [0.29, 0.717) is 0 Å². The van der Waals surface area contributed by atoms with Crippen molar-refractivity contribution < 1.29 is 111 Å². The molecule has 0 saturated carbocycles. The first-order valence-corrected chi connectivity index (χ1v) is 22.8. The molecule has 0 atom stereocenters. The fourth-order valence-electron chi connectivity index (χ4n) is 0.327. The summed E-state index contributed by atoms with van der Waals surface area (Å²) in [6.45, 7) is 0. The zero-order valence-corrected chi connectivity index (χ0v) is 19.4. The normalized spacial score (nSPS) is 13.3. The van der Waals surface area contributed by atoms with Crippen LogP contribution < -0.4 is 5.22 Å². The van der Waals surface area contributed by atoms with E-state index < -0.39 is 76.3 Å². The van der Waals surface area contributed by atoms with E-state index in [1.54, 1.807) is 0 Å². The van der Waals surface area contributed by atoms with Crippen molar-refractivity contribution in [2.75, 3.05) is 0 Å². The van der Waals surface area contributed by atoms with Crippen molar-refractivity contribution in [1.82, 2.24) is 0 Å². The van der Waals surface area contributed by atoms with Crippen molar-refractivity contribution in [1.29, 1.82) is 0 Å². The Morgan fingerprint density at radius 1 is 0.714 bits per heavy atom. The van der Waals surface area contributed by atoms with Gasteiger partial charge in [-0.25, -0.2) is 0 Å². The van der Waals surface area contributed by atoms with Gasteiger partial charge < -0.3 is 0 Å². The summed E-state index contributed by atoms with van der Waals surface area (Å²) in [5, 5.41) is 0. The van der Waals surface area contributed by atoms with E-state index >= 15 is 0 Å². The first-order valence-electron chi connectivity index (χ1n) is 2.45. The molecule has 0 aromatic heterocycles. The van der Waals surface area contributed by atoms with Gasteiger partial charge in [0.1, 0.15) is 0 Å². The minimum absolute atomic E-state index is 0. The summed E-state index contributed by atoms with van der Waals surface area (Å²) in [5.74, 6) is 0. The molecule has 0 heterocycles.